The number of amides is 2. The van der Waals surface area contributed by atoms with Crippen LogP contribution in [0.4, 0.5) is 5.69 Å². The number of hydrogen-bond donors (Lipinski definition) is 2. The second kappa shape index (κ2) is 6.72. The maximum absolute atomic E-state index is 12.0. The zero-order valence-corrected chi connectivity index (χ0v) is 11.9. The number of nitrogens with one attached hydrogen (secondary N) is 1. The number of nitrogens with two attached hydrogens (primary N) is 1. The molecule has 1 fully saturated rings. The predicted octanol–water partition coefficient (Wildman–Crippen LogP) is 1.62. The van der Waals surface area contributed by atoms with Crippen molar-refractivity contribution in [1.82, 2.24) is 4.90 Å². The average Bonchev–Trinajstić information content (AvgIpc) is 2.38. The monoisotopic (exact) mass is 295 g/mol. The fourth-order valence-corrected chi connectivity index (χ4v) is 2.64. The SMILES string of the molecule is NC(=O)C1CCCCN1CC(=O)Nc1cccc(Cl)c1. The van der Waals surface area contributed by atoms with Gasteiger partial charge in [0.1, 0.15) is 0 Å². The van der Waals surface area contributed by atoms with Crippen LogP contribution in [0.2, 0.25) is 5.02 Å². The fraction of sp³-hybridized carbons (Fsp3) is 0.429. The van der Waals surface area contributed by atoms with Gasteiger partial charge in [-0.1, -0.05) is 24.1 Å². The van der Waals surface area contributed by atoms with E-state index in [1.807, 2.05) is 4.90 Å². The van der Waals surface area contributed by atoms with E-state index in [4.69, 9.17) is 17.3 Å². The number of piperidine rings is 1. The van der Waals surface area contributed by atoms with Crippen molar-refractivity contribution < 1.29 is 9.59 Å². The maximum atomic E-state index is 12.0. The molecule has 1 atom stereocenters. The van der Waals surface area contributed by atoms with Crippen molar-refractivity contribution in [3.8, 4) is 0 Å². The van der Waals surface area contributed by atoms with Gasteiger partial charge in [-0.15, -0.1) is 0 Å². The number of benzene rings is 1. The molecule has 5 nitrogen and oxygen atoms in total. The Balaban J connectivity index is 1.94. The first-order chi connectivity index (χ1) is 9.56. The zero-order valence-electron chi connectivity index (χ0n) is 11.1. The van der Waals surface area contributed by atoms with E-state index in [1.165, 1.54) is 0 Å². The Morgan fingerprint density at radius 2 is 2.20 bits per heavy atom. The normalized spacial score (nSPS) is 19.6. The summed E-state index contributed by atoms with van der Waals surface area (Å²) in [5, 5.41) is 3.34. The molecule has 108 valence electrons. The molecule has 1 aromatic carbocycles. The van der Waals surface area contributed by atoms with E-state index >= 15 is 0 Å². The lowest BCUT2D eigenvalue weighted by Gasteiger charge is -2.32. The first-order valence-corrected chi connectivity index (χ1v) is 7.03. The van der Waals surface area contributed by atoms with Crippen LogP contribution in [0.1, 0.15) is 19.3 Å². The Labute approximate surface area is 123 Å². The summed E-state index contributed by atoms with van der Waals surface area (Å²) in [5.41, 5.74) is 6.02. The fourth-order valence-electron chi connectivity index (χ4n) is 2.45. The molecule has 3 N–H and O–H groups in total. The van der Waals surface area contributed by atoms with E-state index in [1.54, 1.807) is 24.3 Å². The van der Waals surface area contributed by atoms with Crippen molar-refractivity contribution in [2.24, 2.45) is 5.73 Å². The van der Waals surface area contributed by atoms with Gasteiger partial charge in [0, 0.05) is 10.7 Å². The molecule has 0 spiro atoms. The summed E-state index contributed by atoms with van der Waals surface area (Å²) >= 11 is 5.86. The molecule has 2 rings (SSSR count). The molecule has 20 heavy (non-hydrogen) atoms. The summed E-state index contributed by atoms with van der Waals surface area (Å²) in [4.78, 5) is 25.2. The number of carbonyl (C=O) groups excluding carboxylic acids is 2. The van der Waals surface area contributed by atoms with Crippen LogP contribution in [0.25, 0.3) is 0 Å². The minimum absolute atomic E-state index is 0.166. The van der Waals surface area contributed by atoms with Gasteiger partial charge in [0.15, 0.2) is 0 Å². The predicted molar refractivity (Wildman–Crippen MR) is 78.5 cm³/mol. The van der Waals surface area contributed by atoms with Crippen LogP contribution in [-0.4, -0.2) is 35.8 Å². The maximum Gasteiger partial charge on any atom is 0.238 e. The minimum Gasteiger partial charge on any atom is -0.368 e. The van der Waals surface area contributed by atoms with Crippen LogP contribution in [0.15, 0.2) is 24.3 Å². The summed E-state index contributed by atoms with van der Waals surface area (Å²) in [5.74, 6) is -0.527. The van der Waals surface area contributed by atoms with Crippen LogP contribution >= 0.6 is 11.6 Å². The molecule has 1 aromatic rings. The number of halogens is 1. The van der Waals surface area contributed by atoms with Gasteiger partial charge in [-0.2, -0.15) is 0 Å². The van der Waals surface area contributed by atoms with E-state index in [0.717, 1.165) is 25.8 Å². The van der Waals surface area contributed by atoms with Gasteiger partial charge in [0.05, 0.1) is 12.6 Å². The van der Waals surface area contributed by atoms with Crippen LogP contribution in [-0.2, 0) is 9.59 Å². The third-order valence-corrected chi connectivity index (χ3v) is 3.63. The highest BCUT2D eigenvalue weighted by Gasteiger charge is 2.28. The lowest BCUT2D eigenvalue weighted by molar-refractivity contribution is -0.126. The summed E-state index contributed by atoms with van der Waals surface area (Å²) in [6, 6.07) is 6.62. The standard InChI is InChI=1S/C14H18ClN3O2/c15-10-4-3-5-11(8-10)17-13(19)9-18-7-2-1-6-12(18)14(16)20/h3-5,8,12H,1-2,6-7,9H2,(H2,16,20)(H,17,19). The molecule has 0 radical (unpaired) electrons. The summed E-state index contributed by atoms with van der Waals surface area (Å²) in [6.07, 6.45) is 2.67. The molecule has 1 aliphatic heterocycles. The van der Waals surface area contributed by atoms with Crippen molar-refractivity contribution in [3.05, 3.63) is 29.3 Å². The minimum atomic E-state index is -0.361. The van der Waals surface area contributed by atoms with Crippen molar-refractivity contribution in [1.29, 1.82) is 0 Å². The van der Waals surface area contributed by atoms with Gasteiger partial charge in [-0.25, -0.2) is 0 Å². The number of anilines is 1. The molecule has 6 heteroatoms. The quantitative estimate of drug-likeness (QED) is 0.886. The Kier molecular flexibility index (Phi) is 4.98. The summed E-state index contributed by atoms with van der Waals surface area (Å²) in [7, 11) is 0. The summed E-state index contributed by atoms with van der Waals surface area (Å²) in [6.45, 7) is 0.886. The number of rotatable bonds is 4. The van der Waals surface area contributed by atoms with Crippen LogP contribution in [0.5, 0.6) is 0 Å². The first-order valence-electron chi connectivity index (χ1n) is 6.65. The smallest absolute Gasteiger partial charge is 0.238 e. The van der Waals surface area contributed by atoms with E-state index in [0.29, 0.717) is 10.7 Å². The van der Waals surface area contributed by atoms with Crippen molar-refractivity contribution >= 4 is 29.1 Å². The lowest BCUT2D eigenvalue weighted by atomic mass is 10.0. The number of likely N-dealkylation sites (tertiary alicyclic amines) is 1. The molecule has 2 amide bonds. The molecule has 0 bridgehead atoms. The highest BCUT2D eigenvalue weighted by Crippen LogP contribution is 2.18. The molecule has 0 aliphatic carbocycles. The number of hydrogen-bond acceptors (Lipinski definition) is 3. The molecular formula is C14H18ClN3O2. The van der Waals surface area contributed by atoms with E-state index in [2.05, 4.69) is 5.32 Å². The Morgan fingerprint density at radius 3 is 2.90 bits per heavy atom. The Morgan fingerprint density at radius 1 is 1.40 bits per heavy atom. The largest absolute Gasteiger partial charge is 0.368 e. The van der Waals surface area contributed by atoms with Crippen molar-refractivity contribution in [2.45, 2.75) is 25.3 Å². The van der Waals surface area contributed by atoms with Gasteiger partial charge >= 0.3 is 0 Å². The molecule has 1 heterocycles. The average molecular weight is 296 g/mol. The highest BCUT2D eigenvalue weighted by molar-refractivity contribution is 6.30. The lowest BCUT2D eigenvalue weighted by Crippen LogP contribution is -2.50. The van der Waals surface area contributed by atoms with Crippen LogP contribution in [0, 0.1) is 0 Å². The molecule has 0 saturated carbocycles. The van der Waals surface area contributed by atoms with Crippen molar-refractivity contribution in [3.63, 3.8) is 0 Å². The molecule has 1 saturated heterocycles. The van der Waals surface area contributed by atoms with Gasteiger partial charge in [-0.05, 0) is 37.6 Å². The third kappa shape index (κ3) is 3.95. The topological polar surface area (TPSA) is 75.4 Å². The Hall–Kier alpha value is -1.59. The second-order valence-corrected chi connectivity index (χ2v) is 5.38. The zero-order chi connectivity index (χ0) is 14.5. The van der Waals surface area contributed by atoms with E-state index in [9.17, 15) is 9.59 Å². The molecular weight excluding hydrogens is 278 g/mol. The van der Waals surface area contributed by atoms with Crippen LogP contribution in [0.3, 0.4) is 0 Å². The Bertz CT molecular complexity index is 507. The van der Waals surface area contributed by atoms with E-state index < -0.39 is 0 Å². The van der Waals surface area contributed by atoms with Gasteiger partial charge in [-0.3, -0.25) is 14.5 Å². The van der Waals surface area contributed by atoms with E-state index in [-0.39, 0.29) is 24.4 Å². The van der Waals surface area contributed by atoms with Gasteiger partial charge in [0.25, 0.3) is 0 Å². The molecule has 0 aromatic heterocycles. The summed E-state index contributed by atoms with van der Waals surface area (Å²) < 4.78 is 0. The third-order valence-electron chi connectivity index (χ3n) is 3.40. The number of primary amides is 1. The molecule has 1 unspecified atom stereocenters. The van der Waals surface area contributed by atoms with Gasteiger partial charge < -0.3 is 11.1 Å². The first kappa shape index (κ1) is 14.8. The van der Waals surface area contributed by atoms with Gasteiger partial charge in [0.2, 0.25) is 11.8 Å². The molecule has 1 aliphatic rings. The highest BCUT2D eigenvalue weighted by atomic mass is 35.5. The van der Waals surface area contributed by atoms with Crippen molar-refractivity contribution in [2.75, 3.05) is 18.4 Å². The second-order valence-electron chi connectivity index (χ2n) is 4.94. The number of nitrogens with zero attached hydrogens (tertiary/aromatic N) is 1. The number of carbonyl (C=O) groups is 2. The van der Waals surface area contributed by atoms with Crippen LogP contribution < -0.4 is 11.1 Å².